The van der Waals surface area contributed by atoms with Crippen molar-refractivity contribution in [2.45, 2.75) is 16.5 Å². The number of nitrogens with zero attached hydrogens (tertiary/aromatic N) is 1. The first kappa shape index (κ1) is 17.9. The lowest BCUT2D eigenvalue weighted by Crippen LogP contribution is -2.53. The van der Waals surface area contributed by atoms with Crippen LogP contribution < -0.4 is 5.32 Å². The first-order chi connectivity index (χ1) is 13.6. The smallest absolute Gasteiger partial charge is 0.331 e. The fourth-order valence-corrected chi connectivity index (χ4v) is 3.41. The summed E-state index contributed by atoms with van der Waals surface area (Å²) in [6.45, 7) is -0.0739. The molecule has 4 rings (SSSR count). The van der Waals surface area contributed by atoms with Gasteiger partial charge in [-0.1, -0.05) is 30.0 Å². The number of furan rings is 2. The highest BCUT2D eigenvalue weighted by Gasteiger charge is 2.36. The molecule has 1 saturated heterocycles. The number of barbiturate groups is 1. The van der Waals surface area contributed by atoms with E-state index in [0.29, 0.717) is 16.6 Å². The largest absolute Gasteiger partial charge is 0.467 e. The van der Waals surface area contributed by atoms with E-state index in [1.54, 1.807) is 24.3 Å². The molecule has 140 valence electrons. The van der Waals surface area contributed by atoms with E-state index in [2.05, 4.69) is 5.32 Å². The van der Waals surface area contributed by atoms with E-state index >= 15 is 0 Å². The fraction of sp³-hybridized carbons (Fsp3) is 0.0500. The second kappa shape index (κ2) is 7.61. The summed E-state index contributed by atoms with van der Waals surface area (Å²) in [6.07, 6.45) is 2.77. The van der Waals surface area contributed by atoms with E-state index in [4.69, 9.17) is 8.83 Å². The standard InChI is InChI=1S/C20H14N2O5S/c23-18-16(19(24)22(20(25)21-18)12-14-5-4-10-26-14)11-13-8-9-17(27-13)28-15-6-2-1-3-7-15/h1-11H,12H2,(H,21,23,25)/b16-11-. The molecular formula is C20H14N2O5S. The van der Waals surface area contributed by atoms with Crippen molar-refractivity contribution in [2.24, 2.45) is 0 Å². The van der Waals surface area contributed by atoms with Gasteiger partial charge in [-0.05, 0) is 42.5 Å². The lowest BCUT2D eigenvalue weighted by atomic mass is 10.1. The lowest BCUT2D eigenvalue weighted by Gasteiger charge is -2.25. The van der Waals surface area contributed by atoms with Crippen molar-refractivity contribution < 1.29 is 23.2 Å². The second-order valence-corrected chi connectivity index (χ2v) is 6.94. The van der Waals surface area contributed by atoms with Gasteiger partial charge in [0.25, 0.3) is 11.8 Å². The molecule has 1 aromatic carbocycles. The van der Waals surface area contributed by atoms with Crippen molar-refractivity contribution in [3.05, 3.63) is 78.0 Å². The zero-order valence-electron chi connectivity index (χ0n) is 14.5. The zero-order valence-corrected chi connectivity index (χ0v) is 15.3. The van der Waals surface area contributed by atoms with Crippen molar-refractivity contribution in [1.82, 2.24) is 10.2 Å². The average molecular weight is 394 g/mol. The van der Waals surface area contributed by atoms with Gasteiger partial charge in [-0.25, -0.2) is 4.79 Å². The molecule has 0 saturated carbocycles. The van der Waals surface area contributed by atoms with Gasteiger partial charge in [0.1, 0.15) is 17.1 Å². The maximum absolute atomic E-state index is 12.7. The Kier molecular flexibility index (Phi) is 4.86. The number of hydrogen-bond donors (Lipinski definition) is 1. The van der Waals surface area contributed by atoms with Gasteiger partial charge in [-0.2, -0.15) is 0 Å². The fourth-order valence-electron chi connectivity index (χ4n) is 2.61. The van der Waals surface area contributed by atoms with Crippen LogP contribution in [0.2, 0.25) is 0 Å². The zero-order chi connectivity index (χ0) is 19.5. The minimum Gasteiger partial charge on any atom is -0.467 e. The van der Waals surface area contributed by atoms with E-state index in [-0.39, 0.29) is 12.1 Å². The highest BCUT2D eigenvalue weighted by atomic mass is 32.2. The summed E-state index contributed by atoms with van der Waals surface area (Å²) in [5.74, 6) is -0.709. The Morgan fingerprint density at radius 3 is 2.57 bits per heavy atom. The van der Waals surface area contributed by atoms with Crippen molar-refractivity contribution in [2.75, 3.05) is 0 Å². The van der Waals surface area contributed by atoms with Crippen LogP contribution in [0.15, 0.2) is 85.3 Å². The van der Waals surface area contributed by atoms with E-state index in [0.717, 1.165) is 9.80 Å². The summed E-state index contributed by atoms with van der Waals surface area (Å²) in [4.78, 5) is 38.7. The van der Waals surface area contributed by atoms with Crippen LogP contribution in [0.1, 0.15) is 11.5 Å². The molecule has 0 bridgehead atoms. The van der Waals surface area contributed by atoms with Crippen LogP contribution in [-0.2, 0) is 16.1 Å². The molecule has 3 heterocycles. The molecule has 1 fully saturated rings. The number of benzene rings is 1. The highest BCUT2D eigenvalue weighted by Crippen LogP contribution is 2.30. The van der Waals surface area contributed by atoms with Crippen LogP contribution in [0.5, 0.6) is 0 Å². The first-order valence-corrected chi connectivity index (χ1v) is 9.16. The van der Waals surface area contributed by atoms with Crippen LogP contribution in [0, 0.1) is 0 Å². The number of urea groups is 1. The first-order valence-electron chi connectivity index (χ1n) is 8.34. The number of amides is 4. The van der Waals surface area contributed by atoms with Crippen molar-refractivity contribution >= 4 is 35.7 Å². The van der Waals surface area contributed by atoms with Crippen molar-refractivity contribution in [1.29, 1.82) is 0 Å². The number of nitrogens with one attached hydrogen (secondary N) is 1. The molecule has 1 N–H and O–H groups in total. The maximum atomic E-state index is 12.7. The molecule has 28 heavy (non-hydrogen) atoms. The second-order valence-electron chi connectivity index (χ2n) is 5.86. The van der Waals surface area contributed by atoms with Crippen molar-refractivity contribution in [3.8, 4) is 0 Å². The number of rotatable bonds is 5. The highest BCUT2D eigenvalue weighted by molar-refractivity contribution is 7.99. The number of carbonyl (C=O) groups is 3. The molecule has 0 unspecified atom stereocenters. The number of imide groups is 2. The molecule has 2 aromatic heterocycles. The van der Waals surface area contributed by atoms with Gasteiger partial charge >= 0.3 is 6.03 Å². The lowest BCUT2D eigenvalue weighted by molar-refractivity contribution is -0.130. The summed E-state index contributed by atoms with van der Waals surface area (Å²) >= 11 is 1.42. The average Bonchev–Trinajstić information content (AvgIpc) is 3.35. The third-order valence-corrected chi connectivity index (χ3v) is 4.86. The summed E-state index contributed by atoms with van der Waals surface area (Å²) in [6, 6.07) is 15.6. The Hall–Kier alpha value is -3.52. The van der Waals surface area contributed by atoms with Gasteiger partial charge < -0.3 is 8.83 Å². The Balaban J connectivity index is 1.55. The molecule has 1 aliphatic heterocycles. The van der Waals surface area contributed by atoms with Crippen molar-refractivity contribution in [3.63, 3.8) is 0 Å². The molecule has 8 heteroatoms. The predicted molar refractivity (Wildman–Crippen MR) is 100 cm³/mol. The Morgan fingerprint density at radius 1 is 1.00 bits per heavy atom. The van der Waals surface area contributed by atoms with Gasteiger partial charge in [0, 0.05) is 4.90 Å². The Morgan fingerprint density at radius 2 is 1.82 bits per heavy atom. The molecule has 4 amide bonds. The molecule has 7 nitrogen and oxygen atoms in total. The topological polar surface area (TPSA) is 92.8 Å². The van der Waals surface area contributed by atoms with Gasteiger partial charge in [0.2, 0.25) is 0 Å². The Bertz CT molecular complexity index is 1050. The third kappa shape index (κ3) is 3.77. The quantitative estimate of drug-likeness (QED) is 0.524. The molecule has 0 aliphatic carbocycles. The van der Waals surface area contributed by atoms with E-state index in [9.17, 15) is 14.4 Å². The van der Waals surface area contributed by atoms with Crippen LogP contribution in [0.25, 0.3) is 6.08 Å². The van der Waals surface area contributed by atoms with Crippen LogP contribution in [0.3, 0.4) is 0 Å². The van der Waals surface area contributed by atoms with Gasteiger partial charge in [-0.3, -0.25) is 19.8 Å². The molecule has 0 atom stereocenters. The number of hydrogen-bond acceptors (Lipinski definition) is 6. The Labute approximate surface area is 164 Å². The summed E-state index contributed by atoms with van der Waals surface area (Å²) < 4.78 is 10.9. The van der Waals surface area contributed by atoms with E-state index in [1.807, 2.05) is 30.3 Å². The minimum atomic E-state index is -0.789. The van der Waals surface area contributed by atoms with Crippen LogP contribution in [0.4, 0.5) is 4.79 Å². The summed E-state index contributed by atoms with van der Waals surface area (Å²) in [5, 5.41) is 2.78. The van der Waals surface area contributed by atoms with Crippen LogP contribution in [-0.4, -0.2) is 22.7 Å². The van der Waals surface area contributed by atoms with Gasteiger partial charge in [0.05, 0.1) is 12.8 Å². The molecule has 0 radical (unpaired) electrons. The molecular weight excluding hydrogens is 380 g/mol. The predicted octanol–water partition coefficient (Wildman–Crippen LogP) is 3.69. The third-order valence-electron chi connectivity index (χ3n) is 3.93. The normalized spacial score (nSPS) is 15.9. The summed E-state index contributed by atoms with van der Waals surface area (Å²) in [7, 11) is 0. The van der Waals surface area contributed by atoms with Crippen LogP contribution >= 0.6 is 11.8 Å². The molecule has 1 aliphatic rings. The SMILES string of the molecule is O=C1NC(=O)N(Cc2ccco2)C(=O)/C1=C\c1ccc(Sc2ccccc2)o1. The van der Waals surface area contributed by atoms with Gasteiger partial charge in [-0.15, -0.1) is 0 Å². The maximum Gasteiger partial charge on any atom is 0.331 e. The molecule has 0 spiro atoms. The minimum absolute atomic E-state index is 0.0739. The van der Waals surface area contributed by atoms with Gasteiger partial charge in [0.15, 0.2) is 5.09 Å². The molecule has 3 aromatic rings. The number of carbonyl (C=O) groups excluding carboxylic acids is 3. The summed E-state index contributed by atoms with van der Waals surface area (Å²) in [5.41, 5.74) is -0.184. The monoisotopic (exact) mass is 394 g/mol. The van der Waals surface area contributed by atoms with E-state index in [1.165, 1.54) is 24.1 Å². The van der Waals surface area contributed by atoms with E-state index < -0.39 is 17.8 Å².